The van der Waals surface area contributed by atoms with Crippen LogP contribution < -0.4 is 15.0 Å². The number of benzene rings is 1. The molecule has 5 nitrogen and oxygen atoms in total. The Kier molecular flexibility index (Phi) is 5.51. The van der Waals surface area contributed by atoms with Gasteiger partial charge in [-0.1, -0.05) is 12.1 Å². The van der Waals surface area contributed by atoms with E-state index < -0.39 is 12.5 Å². The Labute approximate surface area is 153 Å². The Morgan fingerprint density at radius 3 is 2.85 bits per heavy atom. The maximum atomic E-state index is 12.4. The number of nitrogens with one attached hydrogen (secondary N) is 1. The molecule has 8 heteroatoms. The quantitative estimate of drug-likeness (QED) is 0.825. The Hall–Kier alpha value is -2.48. The molecule has 2 aromatic rings. The molecule has 138 valence electrons. The molecule has 3 rings (SSSR count). The lowest BCUT2D eigenvalue weighted by Crippen LogP contribution is -2.27. The number of ether oxygens (including phenoxy) is 1. The first-order valence-electron chi connectivity index (χ1n) is 8.19. The zero-order valence-electron chi connectivity index (χ0n) is 14.1. The van der Waals surface area contributed by atoms with Gasteiger partial charge in [-0.05, 0) is 42.5 Å². The van der Waals surface area contributed by atoms with E-state index in [4.69, 9.17) is 0 Å². The first-order chi connectivity index (χ1) is 12.5. The average Bonchev–Trinajstić information content (AvgIpc) is 3.23. The van der Waals surface area contributed by atoms with Gasteiger partial charge in [0.1, 0.15) is 10.6 Å². The minimum absolute atomic E-state index is 0.0891. The highest BCUT2D eigenvalue weighted by molar-refractivity contribution is 7.12. The molecule has 0 radical (unpaired) electrons. The van der Waals surface area contributed by atoms with Gasteiger partial charge in [0.15, 0.2) is 0 Å². The fourth-order valence-corrected chi connectivity index (χ4v) is 3.61. The van der Waals surface area contributed by atoms with Crippen LogP contribution in [-0.2, 0) is 4.79 Å². The largest absolute Gasteiger partial charge is 0.433 e. The number of alkyl halides is 2. The van der Waals surface area contributed by atoms with Gasteiger partial charge < -0.3 is 15.0 Å². The van der Waals surface area contributed by atoms with E-state index >= 15 is 0 Å². The summed E-state index contributed by atoms with van der Waals surface area (Å²) in [6.45, 7) is -0.500. The Morgan fingerprint density at radius 1 is 1.35 bits per heavy atom. The number of amides is 2. The molecule has 2 amide bonds. The van der Waals surface area contributed by atoms with Crippen molar-refractivity contribution in [1.29, 1.82) is 0 Å². The number of thiophene rings is 1. The molecule has 1 atom stereocenters. The number of hydrogen-bond donors (Lipinski definition) is 1. The predicted octanol–water partition coefficient (Wildman–Crippen LogP) is 3.97. The average molecular weight is 380 g/mol. The van der Waals surface area contributed by atoms with Crippen molar-refractivity contribution < 1.29 is 23.1 Å². The topological polar surface area (TPSA) is 58.6 Å². The lowest BCUT2D eigenvalue weighted by molar-refractivity contribution is -0.117. The highest BCUT2D eigenvalue weighted by Gasteiger charge is 2.23. The molecule has 2 heterocycles. The molecular weight excluding hydrogens is 362 g/mol. The molecule has 1 fully saturated rings. The van der Waals surface area contributed by atoms with Gasteiger partial charge in [-0.15, -0.1) is 11.3 Å². The number of halogens is 2. The van der Waals surface area contributed by atoms with Crippen molar-refractivity contribution >= 4 is 28.8 Å². The third kappa shape index (κ3) is 4.01. The summed E-state index contributed by atoms with van der Waals surface area (Å²) in [6.07, 6.45) is 1.38. The second-order valence-corrected chi connectivity index (χ2v) is 6.85. The van der Waals surface area contributed by atoms with E-state index in [1.54, 1.807) is 11.8 Å². The Bertz CT molecular complexity index is 809. The standard InChI is InChI=1S/C18H18F2N2O3S/c1-11(21-17(24)16-14(7-9-26-16)25-18(19)20)12-4-2-5-13(10-12)22-8-3-6-15(22)23/h2,4-5,7,9-11,18H,3,6,8H2,1H3,(H,21,24). The highest BCUT2D eigenvalue weighted by atomic mass is 32.1. The van der Waals surface area contributed by atoms with E-state index in [9.17, 15) is 18.4 Å². The summed E-state index contributed by atoms with van der Waals surface area (Å²) in [5.74, 6) is -0.525. The van der Waals surface area contributed by atoms with Crippen molar-refractivity contribution in [2.75, 3.05) is 11.4 Å². The van der Waals surface area contributed by atoms with Crippen LogP contribution in [0.2, 0.25) is 0 Å². The maximum Gasteiger partial charge on any atom is 0.387 e. The lowest BCUT2D eigenvalue weighted by Gasteiger charge is -2.19. The van der Waals surface area contributed by atoms with Crippen molar-refractivity contribution in [3.05, 3.63) is 46.2 Å². The van der Waals surface area contributed by atoms with Gasteiger partial charge in [0.25, 0.3) is 5.91 Å². The van der Waals surface area contributed by atoms with Crippen LogP contribution in [0, 0.1) is 0 Å². The summed E-state index contributed by atoms with van der Waals surface area (Å²) in [5, 5.41) is 4.31. The Morgan fingerprint density at radius 2 is 2.15 bits per heavy atom. The molecular formula is C18H18F2N2O3S. The minimum atomic E-state index is -2.98. The van der Waals surface area contributed by atoms with Crippen molar-refractivity contribution in [2.45, 2.75) is 32.4 Å². The SMILES string of the molecule is CC(NC(=O)c1sccc1OC(F)F)c1cccc(N2CCCC2=O)c1. The molecule has 1 aromatic carbocycles. The maximum absolute atomic E-state index is 12.4. The third-order valence-electron chi connectivity index (χ3n) is 4.15. The first kappa shape index (κ1) is 18.3. The van der Waals surface area contributed by atoms with Gasteiger partial charge >= 0.3 is 6.61 Å². The summed E-state index contributed by atoms with van der Waals surface area (Å²) < 4.78 is 29.2. The van der Waals surface area contributed by atoms with Crippen LogP contribution in [0.5, 0.6) is 5.75 Å². The molecule has 1 N–H and O–H groups in total. The molecule has 0 saturated carbocycles. The second kappa shape index (κ2) is 7.82. The molecule has 0 spiro atoms. The van der Waals surface area contributed by atoms with Crippen molar-refractivity contribution in [3.63, 3.8) is 0 Å². The van der Waals surface area contributed by atoms with Crippen LogP contribution in [0.15, 0.2) is 35.7 Å². The molecule has 1 aliphatic rings. The van der Waals surface area contributed by atoms with Gasteiger partial charge in [0, 0.05) is 18.7 Å². The summed E-state index contributed by atoms with van der Waals surface area (Å²) in [4.78, 5) is 26.1. The third-order valence-corrected chi connectivity index (χ3v) is 5.05. The van der Waals surface area contributed by atoms with Crippen LogP contribution in [0.1, 0.15) is 41.0 Å². The van der Waals surface area contributed by atoms with Crippen LogP contribution in [-0.4, -0.2) is 25.0 Å². The van der Waals surface area contributed by atoms with E-state index in [0.29, 0.717) is 13.0 Å². The molecule has 1 aliphatic heterocycles. The Balaban J connectivity index is 1.72. The van der Waals surface area contributed by atoms with Crippen LogP contribution in [0.25, 0.3) is 0 Å². The predicted molar refractivity (Wildman–Crippen MR) is 94.9 cm³/mol. The van der Waals surface area contributed by atoms with Crippen molar-refractivity contribution in [2.24, 2.45) is 0 Å². The van der Waals surface area contributed by atoms with E-state index in [2.05, 4.69) is 10.1 Å². The fourth-order valence-electron chi connectivity index (χ4n) is 2.88. The summed E-state index contributed by atoms with van der Waals surface area (Å²) >= 11 is 1.04. The lowest BCUT2D eigenvalue weighted by atomic mass is 10.1. The number of carbonyl (C=O) groups is 2. The number of rotatable bonds is 6. The molecule has 1 saturated heterocycles. The van der Waals surface area contributed by atoms with Gasteiger partial charge in [-0.25, -0.2) is 0 Å². The van der Waals surface area contributed by atoms with Gasteiger partial charge in [0.2, 0.25) is 5.91 Å². The van der Waals surface area contributed by atoms with Crippen molar-refractivity contribution in [1.82, 2.24) is 5.32 Å². The molecule has 26 heavy (non-hydrogen) atoms. The van der Waals surface area contributed by atoms with Crippen LogP contribution >= 0.6 is 11.3 Å². The molecule has 1 aromatic heterocycles. The zero-order chi connectivity index (χ0) is 18.7. The molecule has 0 bridgehead atoms. The normalized spacial score (nSPS) is 15.4. The zero-order valence-corrected chi connectivity index (χ0v) is 14.9. The fraction of sp³-hybridized carbons (Fsp3) is 0.333. The smallest absolute Gasteiger partial charge is 0.387 e. The summed E-state index contributed by atoms with van der Waals surface area (Å²) in [5.41, 5.74) is 1.62. The van der Waals surface area contributed by atoms with Crippen LogP contribution in [0.4, 0.5) is 14.5 Å². The number of nitrogens with zero attached hydrogens (tertiary/aromatic N) is 1. The monoisotopic (exact) mass is 380 g/mol. The minimum Gasteiger partial charge on any atom is -0.433 e. The van der Waals surface area contributed by atoms with E-state index in [-0.39, 0.29) is 22.6 Å². The van der Waals surface area contributed by atoms with Gasteiger partial charge in [-0.3, -0.25) is 9.59 Å². The number of carbonyl (C=O) groups excluding carboxylic acids is 2. The number of hydrogen-bond acceptors (Lipinski definition) is 4. The first-order valence-corrected chi connectivity index (χ1v) is 9.07. The van der Waals surface area contributed by atoms with Gasteiger partial charge in [-0.2, -0.15) is 8.78 Å². The molecule has 1 unspecified atom stereocenters. The van der Waals surface area contributed by atoms with Gasteiger partial charge in [0.05, 0.1) is 6.04 Å². The molecule has 0 aliphatic carbocycles. The summed E-state index contributed by atoms with van der Waals surface area (Å²) in [6, 6.07) is 8.38. The van der Waals surface area contributed by atoms with Crippen LogP contribution in [0.3, 0.4) is 0 Å². The van der Waals surface area contributed by atoms with Crippen molar-refractivity contribution in [3.8, 4) is 5.75 Å². The van der Waals surface area contributed by atoms with E-state index in [1.165, 1.54) is 11.4 Å². The second-order valence-electron chi connectivity index (χ2n) is 5.93. The summed E-state index contributed by atoms with van der Waals surface area (Å²) in [7, 11) is 0. The highest BCUT2D eigenvalue weighted by Crippen LogP contribution is 2.28. The number of anilines is 1. The van der Waals surface area contributed by atoms with E-state index in [0.717, 1.165) is 29.0 Å². The van der Waals surface area contributed by atoms with E-state index in [1.807, 2.05) is 24.3 Å².